The Morgan fingerprint density at radius 1 is 0.217 bits per heavy atom. The fraction of sp³-hybridized carbons (Fsp3) is 0. The highest BCUT2D eigenvalue weighted by atomic mass is 15.0. The summed E-state index contributed by atoms with van der Waals surface area (Å²) in [6, 6.07) is 93.0. The van der Waals surface area contributed by atoms with Crippen LogP contribution in [-0.2, 0) is 0 Å². The van der Waals surface area contributed by atoms with Crippen molar-refractivity contribution in [3.8, 4) is 39.1 Å². The number of hydrogen-bond acceptors (Lipinski definition) is 0. The molecule has 0 spiro atoms. The minimum atomic E-state index is 1.14. The first-order valence-corrected chi connectivity index (χ1v) is 24.0. The van der Waals surface area contributed by atoms with Crippen molar-refractivity contribution in [1.82, 2.24) is 4.57 Å². The van der Waals surface area contributed by atoms with Gasteiger partial charge in [-0.2, -0.15) is 0 Å². The number of aromatic nitrogens is 1. The highest BCUT2D eigenvalue weighted by molar-refractivity contribution is 6.29. The van der Waals surface area contributed by atoms with Crippen molar-refractivity contribution in [1.29, 1.82) is 0 Å². The lowest BCUT2D eigenvalue weighted by molar-refractivity contribution is 1.18. The summed E-state index contributed by atoms with van der Waals surface area (Å²) in [5, 5.41) is 22.6. The molecule has 0 bridgehead atoms. The van der Waals surface area contributed by atoms with E-state index in [1.807, 2.05) is 0 Å². The summed E-state index contributed by atoms with van der Waals surface area (Å²) in [4.78, 5) is 0. The molecule has 0 fully saturated rings. The molecule has 0 aliphatic carbocycles. The maximum absolute atomic E-state index is 2.47. The third-order valence-corrected chi connectivity index (χ3v) is 15.0. The number of fused-ring (bicyclic) bond motifs is 13. The van der Waals surface area contributed by atoms with Gasteiger partial charge in [0.25, 0.3) is 0 Å². The average molecular weight is 872 g/mol. The van der Waals surface area contributed by atoms with E-state index < -0.39 is 0 Å². The molecule has 0 aliphatic heterocycles. The lowest BCUT2D eigenvalue weighted by Crippen LogP contribution is -1.95. The first-order chi connectivity index (χ1) is 34.2. The van der Waals surface area contributed by atoms with E-state index in [1.165, 1.54) is 141 Å². The number of rotatable bonds is 4. The van der Waals surface area contributed by atoms with Gasteiger partial charge in [0.15, 0.2) is 0 Å². The van der Waals surface area contributed by atoms with Gasteiger partial charge in [-0.1, -0.05) is 188 Å². The highest BCUT2D eigenvalue weighted by Gasteiger charge is 2.21. The molecule has 14 aromatic carbocycles. The molecule has 0 saturated heterocycles. The second kappa shape index (κ2) is 14.7. The summed E-state index contributed by atoms with van der Waals surface area (Å²) >= 11 is 0. The van der Waals surface area contributed by atoms with E-state index in [1.54, 1.807) is 0 Å². The van der Waals surface area contributed by atoms with Crippen molar-refractivity contribution in [2.75, 3.05) is 0 Å². The van der Waals surface area contributed by atoms with Gasteiger partial charge in [-0.15, -0.1) is 0 Å². The molecular weight excluding hydrogens is 831 g/mol. The van der Waals surface area contributed by atoms with E-state index in [0.29, 0.717) is 0 Å². The third-order valence-electron chi connectivity index (χ3n) is 15.0. The summed E-state index contributed by atoms with van der Waals surface area (Å²) in [7, 11) is 0. The van der Waals surface area contributed by atoms with Crippen molar-refractivity contribution in [2.45, 2.75) is 0 Å². The summed E-state index contributed by atoms with van der Waals surface area (Å²) in [5.41, 5.74) is 10.9. The van der Waals surface area contributed by atoms with Crippen LogP contribution in [0.25, 0.3) is 147 Å². The van der Waals surface area contributed by atoms with Crippen LogP contribution in [-0.4, -0.2) is 4.57 Å². The zero-order valence-corrected chi connectivity index (χ0v) is 37.6. The van der Waals surface area contributed by atoms with E-state index in [9.17, 15) is 0 Å². The van der Waals surface area contributed by atoms with Crippen LogP contribution in [0.1, 0.15) is 0 Å². The molecule has 0 aliphatic rings. The number of benzene rings is 14. The molecule has 1 aromatic heterocycles. The first-order valence-electron chi connectivity index (χ1n) is 24.0. The zero-order valence-electron chi connectivity index (χ0n) is 37.6. The lowest BCUT2D eigenvalue weighted by atomic mass is 9.84. The van der Waals surface area contributed by atoms with Crippen molar-refractivity contribution < 1.29 is 0 Å². The topological polar surface area (TPSA) is 4.93 Å². The molecule has 318 valence electrons. The molecule has 0 atom stereocenters. The second-order valence-corrected chi connectivity index (χ2v) is 18.8. The van der Waals surface area contributed by atoms with Gasteiger partial charge < -0.3 is 4.57 Å². The molecule has 0 N–H and O–H groups in total. The largest absolute Gasteiger partial charge is 0.309 e. The molecule has 1 nitrogen and oxygen atoms in total. The van der Waals surface area contributed by atoms with Crippen LogP contribution in [0.5, 0.6) is 0 Å². The van der Waals surface area contributed by atoms with E-state index in [2.05, 4.69) is 253 Å². The van der Waals surface area contributed by atoms with Crippen LogP contribution in [0.2, 0.25) is 0 Å². The third kappa shape index (κ3) is 5.78. The Morgan fingerprint density at radius 3 is 1.30 bits per heavy atom. The molecule has 69 heavy (non-hydrogen) atoms. The molecule has 15 rings (SSSR count). The van der Waals surface area contributed by atoms with Crippen LogP contribution in [0, 0.1) is 0 Å². The number of nitrogens with zero attached hydrogens (tertiary/aromatic N) is 1. The molecular formula is C68H41N. The minimum absolute atomic E-state index is 1.14. The highest BCUT2D eigenvalue weighted by Crippen LogP contribution is 2.47. The quantitative estimate of drug-likeness (QED) is 0.155. The van der Waals surface area contributed by atoms with Gasteiger partial charge in [0, 0.05) is 16.5 Å². The summed E-state index contributed by atoms with van der Waals surface area (Å²) in [6.07, 6.45) is 0. The van der Waals surface area contributed by atoms with Crippen molar-refractivity contribution in [3.63, 3.8) is 0 Å². The standard InChI is InChI=1S/C68H41N/c1-2-16-47-38-53-39-52(25-24-49(53)36-45(47)14-1)66-59-22-10-9-21-58(59)65(60-33-28-51(41-62(60)66)55-23-11-18-50-37-46-15-3-4-17-48(46)40-61(50)55)44-26-31-54(32-27-44)69-63-34-29-42-12-5-7-19-56(42)67(63)68-57-20-8-6-13-43(57)30-35-64(68)69/h1-41H. The van der Waals surface area contributed by atoms with Gasteiger partial charge >= 0.3 is 0 Å². The smallest absolute Gasteiger partial charge is 0.0547 e. The van der Waals surface area contributed by atoms with Crippen LogP contribution in [0.4, 0.5) is 0 Å². The van der Waals surface area contributed by atoms with Gasteiger partial charge in [-0.3, -0.25) is 0 Å². The molecule has 1 heteroatoms. The molecule has 0 saturated carbocycles. The molecule has 15 aromatic rings. The van der Waals surface area contributed by atoms with Gasteiger partial charge in [0.05, 0.1) is 11.0 Å². The zero-order chi connectivity index (χ0) is 45.2. The predicted octanol–water partition coefficient (Wildman–Crippen LogP) is 19.0. The van der Waals surface area contributed by atoms with E-state index in [0.717, 1.165) is 5.69 Å². The van der Waals surface area contributed by atoms with E-state index in [4.69, 9.17) is 0 Å². The van der Waals surface area contributed by atoms with Crippen molar-refractivity contribution >= 4 is 108 Å². The molecule has 1 heterocycles. The van der Waals surface area contributed by atoms with Gasteiger partial charge in [-0.25, -0.2) is 0 Å². The summed E-state index contributed by atoms with van der Waals surface area (Å²) in [5.74, 6) is 0. The second-order valence-electron chi connectivity index (χ2n) is 18.8. The minimum Gasteiger partial charge on any atom is -0.309 e. The monoisotopic (exact) mass is 871 g/mol. The Balaban J connectivity index is 0.979. The maximum Gasteiger partial charge on any atom is 0.0547 e. The molecule has 0 unspecified atom stereocenters. The average Bonchev–Trinajstić information content (AvgIpc) is 3.76. The fourth-order valence-electron chi connectivity index (χ4n) is 11.9. The van der Waals surface area contributed by atoms with Crippen LogP contribution < -0.4 is 0 Å². The van der Waals surface area contributed by atoms with Crippen molar-refractivity contribution in [3.05, 3.63) is 249 Å². The Kier molecular flexibility index (Phi) is 8.13. The number of hydrogen-bond donors (Lipinski definition) is 0. The molecule has 0 radical (unpaired) electrons. The van der Waals surface area contributed by atoms with E-state index in [-0.39, 0.29) is 0 Å². The Bertz CT molecular complexity index is 4550. The predicted molar refractivity (Wildman–Crippen MR) is 297 cm³/mol. The van der Waals surface area contributed by atoms with Crippen LogP contribution in [0.3, 0.4) is 0 Å². The first kappa shape index (κ1) is 38.1. The fourth-order valence-corrected chi connectivity index (χ4v) is 11.9. The van der Waals surface area contributed by atoms with Crippen molar-refractivity contribution in [2.24, 2.45) is 0 Å². The summed E-state index contributed by atoms with van der Waals surface area (Å²) in [6.45, 7) is 0. The van der Waals surface area contributed by atoms with Gasteiger partial charge in [0.2, 0.25) is 0 Å². The SMILES string of the molecule is c1ccc2cc3cc(-c4c5ccccc5c(-c5ccc(-n6c7ccc8ccccc8c7c7c8ccccc8ccc76)cc5)c5ccc(-c6cccc7cc8ccccc8cc67)cc45)ccc3cc2c1. The Morgan fingerprint density at radius 2 is 0.667 bits per heavy atom. The van der Waals surface area contributed by atoms with Crippen LogP contribution in [0.15, 0.2) is 249 Å². The Hall–Kier alpha value is -9.04. The molecule has 0 amide bonds. The normalized spacial score (nSPS) is 12.1. The lowest BCUT2D eigenvalue weighted by Gasteiger charge is -2.20. The van der Waals surface area contributed by atoms with Gasteiger partial charge in [-0.05, 0) is 180 Å². The maximum atomic E-state index is 2.47. The Labute approximate surface area is 398 Å². The van der Waals surface area contributed by atoms with Gasteiger partial charge in [0.1, 0.15) is 0 Å². The van der Waals surface area contributed by atoms with Crippen LogP contribution >= 0.6 is 0 Å². The summed E-state index contributed by atoms with van der Waals surface area (Å²) < 4.78 is 2.47. The van der Waals surface area contributed by atoms with E-state index >= 15 is 0 Å².